The number of thiophene rings is 1. The van der Waals surface area contributed by atoms with Crippen LogP contribution in [0, 0.1) is 0 Å². The maximum atomic E-state index is 12.7. The summed E-state index contributed by atoms with van der Waals surface area (Å²) in [5.74, 6) is -0.0240. The van der Waals surface area contributed by atoms with Crippen molar-refractivity contribution < 1.29 is 4.79 Å². The molecule has 1 aliphatic rings. The number of amides is 1. The van der Waals surface area contributed by atoms with Crippen molar-refractivity contribution in [3.8, 4) is 0 Å². The fourth-order valence-corrected chi connectivity index (χ4v) is 3.70. The zero-order valence-corrected chi connectivity index (χ0v) is 14.1. The van der Waals surface area contributed by atoms with Crippen molar-refractivity contribution in [3.63, 3.8) is 0 Å². The first kappa shape index (κ1) is 15.2. The van der Waals surface area contributed by atoms with Crippen molar-refractivity contribution in [2.45, 2.75) is 6.54 Å². The van der Waals surface area contributed by atoms with Gasteiger partial charge in [-0.1, -0.05) is 18.2 Å². The summed E-state index contributed by atoms with van der Waals surface area (Å²) in [4.78, 5) is 27.1. The highest BCUT2D eigenvalue weighted by Gasteiger charge is 2.23. The lowest BCUT2D eigenvalue weighted by Gasteiger charge is -2.34. The molecule has 0 bridgehead atoms. The van der Waals surface area contributed by atoms with Crippen molar-refractivity contribution in [2.75, 3.05) is 26.2 Å². The highest BCUT2D eigenvalue weighted by molar-refractivity contribution is 7.09. The summed E-state index contributed by atoms with van der Waals surface area (Å²) < 4.78 is 0. The molecule has 1 aromatic carbocycles. The SMILES string of the molecule is O=C(c1cnc2ccccc2n1)N1CCN(Cc2cccs2)CC1. The Bertz CT molecular complexity index is 841. The molecule has 0 radical (unpaired) electrons. The van der Waals surface area contributed by atoms with E-state index in [0.717, 1.165) is 43.8 Å². The molecule has 0 saturated carbocycles. The predicted molar refractivity (Wildman–Crippen MR) is 95.0 cm³/mol. The average molecular weight is 338 g/mol. The molecule has 0 spiro atoms. The van der Waals surface area contributed by atoms with Crippen LogP contribution in [0.5, 0.6) is 0 Å². The van der Waals surface area contributed by atoms with E-state index in [9.17, 15) is 4.79 Å². The first-order valence-corrected chi connectivity index (χ1v) is 8.93. The lowest BCUT2D eigenvalue weighted by atomic mass is 10.2. The molecule has 6 heteroatoms. The molecule has 2 aromatic heterocycles. The van der Waals surface area contributed by atoms with Crippen LogP contribution < -0.4 is 0 Å². The lowest BCUT2D eigenvalue weighted by Crippen LogP contribution is -2.48. The summed E-state index contributed by atoms with van der Waals surface area (Å²) in [6, 6.07) is 11.9. The fraction of sp³-hybridized carbons (Fsp3) is 0.278. The van der Waals surface area contributed by atoms with E-state index in [0.29, 0.717) is 5.69 Å². The molecule has 0 N–H and O–H groups in total. The molecule has 0 unspecified atom stereocenters. The van der Waals surface area contributed by atoms with Gasteiger partial charge in [0.2, 0.25) is 0 Å². The number of carbonyl (C=O) groups is 1. The van der Waals surface area contributed by atoms with Crippen molar-refractivity contribution >= 4 is 28.3 Å². The quantitative estimate of drug-likeness (QED) is 0.737. The van der Waals surface area contributed by atoms with E-state index in [-0.39, 0.29) is 5.91 Å². The third-order valence-corrected chi connectivity index (χ3v) is 5.15. The molecular weight excluding hydrogens is 320 g/mol. The second-order valence-electron chi connectivity index (χ2n) is 5.89. The molecule has 5 nitrogen and oxygen atoms in total. The number of fused-ring (bicyclic) bond motifs is 1. The van der Waals surface area contributed by atoms with Gasteiger partial charge in [-0.25, -0.2) is 4.98 Å². The number of piperazine rings is 1. The molecule has 122 valence electrons. The summed E-state index contributed by atoms with van der Waals surface area (Å²) in [5.41, 5.74) is 2.01. The Labute approximate surface area is 144 Å². The van der Waals surface area contributed by atoms with E-state index in [1.165, 1.54) is 4.88 Å². The van der Waals surface area contributed by atoms with Gasteiger partial charge in [0.05, 0.1) is 17.2 Å². The highest BCUT2D eigenvalue weighted by Crippen LogP contribution is 2.15. The second-order valence-corrected chi connectivity index (χ2v) is 6.92. The highest BCUT2D eigenvalue weighted by atomic mass is 32.1. The Kier molecular flexibility index (Phi) is 4.23. The molecule has 24 heavy (non-hydrogen) atoms. The van der Waals surface area contributed by atoms with Gasteiger partial charge in [0.1, 0.15) is 5.69 Å². The largest absolute Gasteiger partial charge is 0.335 e. The van der Waals surface area contributed by atoms with Crippen LogP contribution >= 0.6 is 11.3 Å². The van der Waals surface area contributed by atoms with Crippen molar-refractivity contribution in [1.82, 2.24) is 19.8 Å². The third-order valence-electron chi connectivity index (χ3n) is 4.29. The van der Waals surface area contributed by atoms with E-state index in [1.54, 1.807) is 17.5 Å². The van der Waals surface area contributed by atoms with E-state index in [4.69, 9.17) is 0 Å². The Balaban J connectivity index is 1.41. The van der Waals surface area contributed by atoms with Crippen LogP contribution in [-0.4, -0.2) is 51.9 Å². The van der Waals surface area contributed by atoms with Gasteiger partial charge in [0, 0.05) is 37.6 Å². The van der Waals surface area contributed by atoms with Crippen LogP contribution in [0.3, 0.4) is 0 Å². The smallest absolute Gasteiger partial charge is 0.274 e. The summed E-state index contributed by atoms with van der Waals surface area (Å²) in [6.45, 7) is 4.22. The minimum atomic E-state index is -0.0240. The summed E-state index contributed by atoms with van der Waals surface area (Å²) in [6.07, 6.45) is 1.59. The normalized spacial score (nSPS) is 15.8. The summed E-state index contributed by atoms with van der Waals surface area (Å²) in [7, 11) is 0. The van der Waals surface area contributed by atoms with Crippen LogP contribution in [0.2, 0.25) is 0 Å². The predicted octanol–water partition coefficient (Wildman–Crippen LogP) is 2.65. The van der Waals surface area contributed by atoms with Crippen molar-refractivity contribution in [2.24, 2.45) is 0 Å². The van der Waals surface area contributed by atoms with Crippen LogP contribution in [-0.2, 0) is 6.54 Å². The van der Waals surface area contributed by atoms with Gasteiger partial charge in [-0.15, -0.1) is 11.3 Å². The second kappa shape index (κ2) is 6.67. The molecule has 0 atom stereocenters. The molecule has 4 rings (SSSR count). The molecule has 3 heterocycles. The number of hydrogen-bond donors (Lipinski definition) is 0. The fourth-order valence-electron chi connectivity index (χ4n) is 2.95. The molecule has 1 aliphatic heterocycles. The summed E-state index contributed by atoms with van der Waals surface area (Å²) >= 11 is 1.78. The maximum absolute atomic E-state index is 12.7. The van der Waals surface area contributed by atoms with E-state index in [1.807, 2.05) is 29.2 Å². The molecule has 1 amide bonds. The zero-order valence-electron chi connectivity index (χ0n) is 13.3. The molecule has 3 aromatic rings. The van der Waals surface area contributed by atoms with Crippen LogP contribution in [0.25, 0.3) is 11.0 Å². The van der Waals surface area contributed by atoms with Gasteiger partial charge in [0.15, 0.2) is 0 Å². The van der Waals surface area contributed by atoms with E-state index < -0.39 is 0 Å². The number of nitrogens with zero attached hydrogens (tertiary/aromatic N) is 4. The molecule has 0 aliphatic carbocycles. The minimum Gasteiger partial charge on any atom is -0.335 e. The Hall–Kier alpha value is -2.31. The Morgan fingerprint density at radius 3 is 2.58 bits per heavy atom. The zero-order chi connectivity index (χ0) is 16.4. The standard InChI is InChI=1S/C18H18N4OS/c23-18(17-12-19-15-5-1-2-6-16(15)20-17)22-9-7-21(8-10-22)13-14-4-3-11-24-14/h1-6,11-12H,7-10,13H2. The van der Waals surface area contributed by atoms with Gasteiger partial charge >= 0.3 is 0 Å². The van der Waals surface area contributed by atoms with Gasteiger partial charge in [-0.3, -0.25) is 14.7 Å². The number of benzene rings is 1. The van der Waals surface area contributed by atoms with Crippen molar-refractivity contribution in [3.05, 3.63) is 58.5 Å². The minimum absolute atomic E-state index is 0.0240. The van der Waals surface area contributed by atoms with Gasteiger partial charge in [-0.05, 0) is 23.6 Å². The van der Waals surface area contributed by atoms with Gasteiger partial charge in [0.25, 0.3) is 5.91 Å². The lowest BCUT2D eigenvalue weighted by molar-refractivity contribution is 0.0624. The average Bonchev–Trinajstić information content (AvgIpc) is 3.14. The number of carbonyl (C=O) groups excluding carboxylic acids is 1. The van der Waals surface area contributed by atoms with Crippen LogP contribution in [0.1, 0.15) is 15.4 Å². The number of rotatable bonds is 3. The first-order valence-electron chi connectivity index (χ1n) is 8.05. The monoisotopic (exact) mass is 338 g/mol. The summed E-state index contributed by atoms with van der Waals surface area (Å²) in [5, 5.41) is 2.10. The number of para-hydroxylation sites is 2. The number of aromatic nitrogens is 2. The molecular formula is C18H18N4OS. The van der Waals surface area contributed by atoms with E-state index in [2.05, 4.69) is 32.4 Å². The van der Waals surface area contributed by atoms with Crippen LogP contribution in [0.15, 0.2) is 48.0 Å². The molecule has 1 fully saturated rings. The van der Waals surface area contributed by atoms with E-state index >= 15 is 0 Å². The van der Waals surface area contributed by atoms with Crippen LogP contribution in [0.4, 0.5) is 0 Å². The van der Waals surface area contributed by atoms with Gasteiger partial charge < -0.3 is 4.90 Å². The van der Waals surface area contributed by atoms with Crippen molar-refractivity contribution in [1.29, 1.82) is 0 Å². The topological polar surface area (TPSA) is 49.3 Å². The first-order chi connectivity index (χ1) is 11.8. The Morgan fingerprint density at radius 2 is 1.83 bits per heavy atom. The number of hydrogen-bond acceptors (Lipinski definition) is 5. The third kappa shape index (κ3) is 3.16. The molecule has 1 saturated heterocycles. The maximum Gasteiger partial charge on any atom is 0.274 e. The van der Waals surface area contributed by atoms with Gasteiger partial charge in [-0.2, -0.15) is 0 Å². The Morgan fingerprint density at radius 1 is 1.04 bits per heavy atom.